The van der Waals surface area contributed by atoms with E-state index in [4.69, 9.17) is 5.11 Å². The van der Waals surface area contributed by atoms with Crippen molar-refractivity contribution in [2.24, 2.45) is 5.92 Å². The Morgan fingerprint density at radius 3 is 1.90 bits per heavy atom. The summed E-state index contributed by atoms with van der Waals surface area (Å²) < 4.78 is 65.5. The molecule has 1 aliphatic heterocycles. The van der Waals surface area contributed by atoms with Gasteiger partial charge in [-0.1, -0.05) is 0 Å². The van der Waals surface area contributed by atoms with Crippen LogP contribution in [0.3, 0.4) is 0 Å². The van der Waals surface area contributed by atoms with Crippen molar-refractivity contribution in [1.29, 1.82) is 0 Å². The Balaban J connectivity index is 2.10. The summed E-state index contributed by atoms with van der Waals surface area (Å²) in [5, 5.41) is 8.54. The average Bonchev–Trinajstić information content (AvgIpc) is 2.35. The number of nitrogens with zero attached hydrogens (tertiary/aromatic N) is 1. The molecule has 0 spiro atoms. The zero-order chi connectivity index (χ0) is 15.0. The zero-order valence-corrected chi connectivity index (χ0v) is 10.1. The van der Waals surface area contributed by atoms with Gasteiger partial charge >= 0.3 is 5.97 Å². The van der Waals surface area contributed by atoms with Crippen LogP contribution in [0, 0.1) is 35.0 Å². The second-order valence-electron chi connectivity index (χ2n) is 4.71. The van der Waals surface area contributed by atoms with Gasteiger partial charge in [-0.15, -0.1) is 0 Å². The first kappa shape index (κ1) is 14.7. The van der Waals surface area contributed by atoms with Crippen molar-refractivity contribution < 1.29 is 31.9 Å². The van der Waals surface area contributed by atoms with Crippen LogP contribution in [0.2, 0.25) is 0 Å². The Bertz CT molecular complexity index is 528. The first-order valence-electron chi connectivity index (χ1n) is 5.75. The third kappa shape index (κ3) is 2.60. The van der Waals surface area contributed by atoms with E-state index in [1.807, 2.05) is 0 Å². The lowest BCUT2D eigenvalue weighted by Crippen LogP contribution is -2.47. The summed E-state index contributed by atoms with van der Waals surface area (Å²) in [4.78, 5) is 11.8. The Morgan fingerprint density at radius 2 is 1.45 bits per heavy atom. The summed E-state index contributed by atoms with van der Waals surface area (Å²) in [6.07, 6.45) is -0.0897. The largest absolute Gasteiger partial charge is 0.481 e. The molecule has 0 unspecified atom stereocenters. The van der Waals surface area contributed by atoms with Crippen LogP contribution in [0.5, 0.6) is 0 Å². The van der Waals surface area contributed by atoms with E-state index in [1.54, 1.807) is 0 Å². The molecule has 0 amide bonds. The van der Waals surface area contributed by atoms with Crippen molar-refractivity contribution in [1.82, 2.24) is 4.90 Å². The maximum atomic E-state index is 13.4. The topological polar surface area (TPSA) is 40.5 Å². The van der Waals surface area contributed by atoms with Crippen LogP contribution < -0.4 is 0 Å². The highest BCUT2D eigenvalue weighted by atomic mass is 19.2. The van der Waals surface area contributed by atoms with Crippen molar-refractivity contribution in [3.8, 4) is 0 Å². The summed E-state index contributed by atoms with van der Waals surface area (Å²) in [6, 6.07) is 0. The van der Waals surface area contributed by atoms with Gasteiger partial charge in [0.15, 0.2) is 23.3 Å². The molecular weight excluding hydrogens is 285 g/mol. The van der Waals surface area contributed by atoms with Crippen molar-refractivity contribution >= 4 is 5.97 Å². The van der Waals surface area contributed by atoms with E-state index in [2.05, 4.69) is 0 Å². The lowest BCUT2D eigenvalue weighted by molar-refractivity contribution is -0.139. The molecule has 1 aliphatic rings. The van der Waals surface area contributed by atoms with E-state index < -0.39 is 47.2 Å². The molecule has 0 aliphatic carbocycles. The summed E-state index contributed by atoms with van der Waals surface area (Å²) in [7, 11) is 0. The number of hydrogen-bond acceptors (Lipinski definition) is 2. The Kier molecular flexibility index (Phi) is 3.94. The van der Waals surface area contributed by atoms with Crippen LogP contribution in [0.4, 0.5) is 22.0 Å². The van der Waals surface area contributed by atoms with Gasteiger partial charge in [-0.25, -0.2) is 22.0 Å². The molecule has 20 heavy (non-hydrogen) atoms. The molecule has 0 aromatic heterocycles. The van der Waals surface area contributed by atoms with Gasteiger partial charge in [0, 0.05) is 25.2 Å². The quantitative estimate of drug-likeness (QED) is 0.526. The normalized spacial score (nSPS) is 16.2. The standard InChI is InChI=1S/C12H10F5NO2/c13-8-6(9(14)11(16)12(17)10(8)15)4-18-2-5(3-18)1-7(19)20/h5H,1-4H2,(H,19,20). The number of rotatable bonds is 4. The second kappa shape index (κ2) is 5.35. The molecule has 110 valence electrons. The summed E-state index contributed by atoms with van der Waals surface area (Å²) in [5.74, 6) is -11.0. The molecule has 0 radical (unpaired) electrons. The maximum Gasteiger partial charge on any atom is 0.303 e. The van der Waals surface area contributed by atoms with Crippen molar-refractivity contribution in [3.05, 3.63) is 34.6 Å². The number of likely N-dealkylation sites (tertiary alicyclic amines) is 1. The fraction of sp³-hybridized carbons (Fsp3) is 0.417. The van der Waals surface area contributed by atoms with Crippen molar-refractivity contribution in [3.63, 3.8) is 0 Å². The number of carbonyl (C=O) groups is 1. The maximum absolute atomic E-state index is 13.4. The van der Waals surface area contributed by atoms with Gasteiger partial charge < -0.3 is 5.11 Å². The summed E-state index contributed by atoms with van der Waals surface area (Å²) >= 11 is 0. The predicted octanol–water partition coefficient (Wildman–Crippen LogP) is 2.29. The molecule has 8 heteroatoms. The van der Waals surface area contributed by atoms with E-state index in [1.165, 1.54) is 4.90 Å². The Labute approximate surface area is 110 Å². The first-order valence-corrected chi connectivity index (χ1v) is 5.75. The third-order valence-corrected chi connectivity index (χ3v) is 3.18. The monoisotopic (exact) mass is 295 g/mol. The van der Waals surface area contributed by atoms with Crippen LogP contribution >= 0.6 is 0 Å². The summed E-state index contributed by atoms with van der Waals surface area (Å²) in [6.45, 7) is 0.0412. The number of carboxylic acids is 1. The van der Waals surface area contributed by atoms with Gasteiger partial charge in [0.1, 0.15) is 0 Å². The predicted molar refractivity (Wildman–Crippen MR) is 57.3 cm³/mol. The molecule has 0 atom stereocenters. The molecule has 0 bridgehead atoms. The van der Waals surface area contributed by atoms with Gasteiger partial charge in [-0.3, -0.25) is 9.69 Å². The van der Waals surface area contributed by atoms with Crippen molar-refractivity contribution in [2.45, 2.75) is 13.0 Å². The van der Waals surface area contributed by atoms with Crippen LogP contribution in [-0.2, 0) is 11.3 Å². The van der Waals surface area contributed by atoms with Crippen LogP contribution in [0.15, 0.2) is 0 Å². The van der Waals surface area contributed by atoms with E-state index in [9.17, 15) is 26.7 Å². The molecule has 1 aromatic rings. The third-order valence-electron chi connectivity index (χ3n) is 3.18. The zero-order valence-electron chi connectivity index (χ0n) is 10.1. The highest BCUT2D eigenvalue weighted by Gasteiger charge is 2.32. The van der Waals surface area contributed by atoms with E-state index in [0.717, 1.165) is 0 Å². The molecule has 3 nitrogen and oxygen atoms in total. The molecule has 1 saturated heterocycles. The highest BCUT2D eigenvalue weighted by molar-refractivity contribution is 5.67. The molecule has 1 N–H and O–H groups in total. The molecule has 1 aromatic carbocycles. The lowest BCUT2D eigenvalue weighted by atomic mass is 9.95. The van der Waals surface area contributed by atoms with Crippen molar-refractivity contribution in [2.75, 3.05) is 13.1 Å². The number of halogens is 5. The highest BCUT2D eigenvalue weighted by Crippen LogP contribution is 2.27. The smallest absolute Gasteiger partial charge is 0.303 e. The van der Waals surface area contributed by atoms with Gasteiger partial charge in [0.2, 0.25) is 5.82 Å². The van der Waals surface area contributed by atoms with E-state index in [-0.39, 0.29) is 25.4 Å². The van der Waals surface area contributed by atoms with Gasteiger partial charge in [0.25, 0.3) is 0 Å². The second-order valence-corrected chi connectivity index (χ2v) is 4.71. The van der Waals surface area contributed by atoms with Crippen LogP contribution in [0.1, 0.15) is 12.0 Å². The fourth-order valence-corrected chi connectivity index (χ4v) is 2.19. The van der Waals surface area contributed by atoms with Gasteiger partial charge in [0.05, 0.1) is 6.42 Å². The molecule has 0 saturated carbocycles. The minimum atomic E-state index is -2.18. The van der Waals surface area contributed by atoms with E-state index in [0.29, 0.717) is 0 Å². The summed E-state index contributed by atoms with van der Waals surface area (Å²) in [5.41, 5.74) is -0.893. The van der Waals surface area contributed by atoms with Gasteiger partial charge in [-0.2, -0.15) is 0 Å². The first-order chi connectivity index (χ1) is 9.31. The number of benzene rings is 1. The number of hydrogen-bond donors (Lipinski definition) is 1. The fourth-order valence-electron chi connectivity index (χ4n) is 2.19. The molecular formula is C12H10F5NO2. The van der Waals surface area contributed by atoms with Gasteiger partial charge in [-0.05, 0) is 5.92 Å². The van der Waals surface area contributed by atoms with E-state index >= 15 is 0 Å². The SMILES string of the molecule is O=C(O)CC1CN(Cc2c(F)c(F)c(F)c(F)c2F)C1. The average molecular weight is 295 g/mol. The Morgan fingerprint density at radius 1 is 1.00 bits per heavy atom. The number of carboxylic acid groups (broad SMARTS) is 1. The lowest BCUT2D eigenvalue weighted by Gasteiger charge is -2.38. The minimum absolute atomic E-state index is 0.0897. The van der Waals surface area contributed by atoms with Crippen LogP contribution in [-0.4, -0.2) is 29.1 Å². The Hall–Kier alpha value is -1.70. The molecule has 1 fully saturated rings. The molecule has 2 rings (SSSR count). The minimum Gasteiger partial charge on any atom is -0.481 e. The number of aliphatic carboxylic acids is 1. The van der Waals surface area contributed by atoms with Crippen LogP contribution in [0.25, 0.3) is 0 Å². The molecule has 1 heterocycles.